The summed E-state index contributed by atoms with van der Waals surface area (Å²) in [7, 11) is 0. The average molecular weight is 310 g/mol. The van der Waals surface area contributed by atoms with E-state index in [1.165, 1.54) is 13.8 Å². The molecule has 0 saturated heterocycles. The maximum Gasteiger partial charge on any atom is 0.343 e. The van der Waals surface area contributed by atoms with Crippen LogP contribution in [0.4, 0.5) is 8.78 Å². The van der Waals surface area contributed by atoms with E-state index in [4.69, 9.17) is 0 Å². The van der Waals surface area contributed by atoms with Gasteiger partial charge in [0.15, 0.2) is 11.5 Å². The highest BCUT2D eigenvalue weighted by Gasteiger charge is 2.28. The number of carbonyl (C=O) groups excluding carboxylic acids is 3. The largest absolute Gasteiger partial charge is 0.466 e. The molecular formula is C14H24F2O5. The maximum atomic E-state index is 12.8. The van der Waals surface area contributed by atoms with Crippen LogP contribution >= 0.6 is 0 Å². The van der Waals surface area contributed by atoms with Crippen molar-refractivity contribution < 1.29 is 32.6 Å². The first-order valence-corrected chi connectivity index (χ1v) is 6.60. The van der Waals surface area contributed by atoms with Crippen LogP contribution in [0.1, 0.15) is 48.0 Å². The van der Waals surface area contributed by atoms with Gasteiger partial charge in [-0.3, -0.25) is 9.59 Å². The van der Waals surface area contributed by atoms with Crippen molar-refractivity contribution in [2.75, 3.05) is 13.2 Å². The van der Waals surface area contributed by atoms with Gasteiger partial charge in [0.1, 0.15) is 6.42 Å². The summed E-state index contributed by atoms with van der Waals surface area (Å²) in [5.74, 6) is -2.22. The number of hydrogen-bond donors (Lipinski definition) is 0. The predicted octanol–water partition coefficient (Wildman–Crippen LogP) is 2.55. The quantitative estimate of drug-likeness (QED) is 0.557. The Kier molecular flexibility index (Phi) is 9.76. The minimum atomic E-state index is -1.95. The van der Waals surface area contributed by atoms with Crippen molar-refractivity contribution >= 4 is 17.7 Å². The number of ketones is 1. The van der Waals surface area contributed by atoms with E-state index in [1.807, 2.05) is 0 Å². The lowest BCUT2D eigenvalue weighted by molar-refractivity contribution is -0.155. The first-order valence-electron chi connectivity index (χ1n) is 6.60. The van der Waals surface area contributed by atoms with Crippen LogP contribution in [0.5, 0.6) is 0 Å². The van der Waals surface area contributed by atoms with Gasteiger partial charge >= 0.3 is 11.9 Å². The summed E-state index contributed by atoms with van der Waals surface area (Å²) in [6.07, 6.45) is -0.489. The van der Waals surface area contributed by atoms with Gasteiger partial charge in [-0.25, -0.2) is 13.6 Å². The molecule has 0 fully saturated rings. The van der Waals surface area contributed by atoms with Crippen LogP contribution in [-0.4, -0.2) is 42.3 Å². The summed E-state index contributed by atoms with van der Waals surface area (Å²) < 4.78 is 34.2. The monoisotopic (exact) mass is 310 g/mol. The van der Waals surface area contributed by atoms with Crippen LogP contribution < -0.4 is 0 Å². The highest BCUT2D eigenvalue weighted by atomic mass is 19.1. The molecule has 0 N–H and O–H groups in total. The predicted molar refractivity (Wildman–Crippen MR) is 73.3 cm³/mol. The lowest BCUT2D eigenvalue weighted by Crippen LogP contribution is -2.28. The van der Waals surface area contributed by atoms with Crippen molar-refractivity contribution in [2.24, 2.45) is 0 Å². The maximum absolute atomic E-state index is 12.8. The molecule has 0 atom stereocenters. The van der Waals surface area contributed by atoms with E-state index in [0.29, 0.717) is 0 Å². The van der Waals surface area contributed by atoms with Gasteiger partial charge in [-0.2, -0.15) is 0 Å². The molecule has 0 aliphatic rings. The standard InChI is InChI=1S/C8H13FO3.C6H11FO2/c1-4-12-7(11)5-6(10)8(2,3)9;1-4-9-5(8)6(2,3)7/h4-5H2,1-3H3;4H2,1-3H3. The van der Waals surface area contributed by atoms with E-state index in [9.17, 15) is 23.2 Å². The van der Waals surface area contributed by atoms with Crippen LogP contribution in [0.2, 0.25) is 0 Å². The summed E-state index contributed by atoms with van der Waals surface area (Å²) in [4.78, 5) is 32.0. The number of Topliss-reactive ketones (excluding diaryl/α,β-unsaturated/α-hetero) is 1. The lowest BCUT2D eigenvalue weighted by Gasteiger charge is -2.11. The zero-order valence-electron chi connectivity index (χ0n) is 13.4. The summed E-state index contributed by atoms with van der Waals surface area (Å²) in [5, 5.41) is 0. The first-order chi connectivity index (χ1) is 9.36. The number of halogens is 2. The van der Waals surface area contributed by atoms with E-state index in [1.54, 1.807) is 13.8 Å². The van der Waals surface area contributed by atoms with Crippen molar-refractivity contribution in [1.29, 1.82) is 0 Å². The molecule has 0 amide bonds. The van der Waals surface area contributed by atoms with Gasteiger partial charge in [-0.05, 0) is 41.5 Å². The minimum absolute atomic E-state index is 0.207. The van der Waals surface area contributed by atoms with Crippen molar-refractivity contribution in [3.05, 3.63) is 0 Å². The normalized spacial score (nSPS) is 11.0. The molecule has 0 unspecified atom stereocenters. The Balaban J connectivity index is 0. The molecule has 0 saturated carbocycles. The SMILES string of the molecule is CCOC(=O)C(C)(C)F.CCOC(=O)CC(=O)C(C)(C)F. The molecule has 0 bridgehead atoms. The molecule has 5 nitrogen and oxygen atoms in total. The zero-order valence-corrected chi connectivity index (χ0v) is 13.4. The second kappa shape index (κ2) is 9.41. The van der Waals surface area contributed by atoms with E-state index >= 15 is 0 Å². The zero-order chi connectivity index (χ0) is 17.3. The molecule has 0 aliphatic heterocycles. The van der Waals surface area contributed by atoms with Crippen LogP contribution in [0, 0.1) is 0 Å². The van der Waals surface area contributed by atoms with Crippen LogP contribution in [0.3, 0.4) is 0 Å². The van der Waals surface area contributed by atoms with Crippen LogP contribution in [0.25, 0.3) is 0 Å². The third-order valence-electron chi connectivity index (χ3n) is 2.03. The van der Waals surface area contributed by atoms with E-state index in [0.717, 1.165) is 13.8 Å². The van der Waals surface area contributed by atoms with E-state index in [-0.39, 0.29) is 13.2 Å². The minimum Gasteiger partial charge on any atom is -0.466 e. The van der Waals surface area contributed by atoms with Gasteiger partial charge in [0, 0.05) is 0 Å². The molecule has 0 heterocycles. The second-order valence-corrected chi connectivity index (χ2v) is 5.07. The Bertz CT molecular complexity index is 353. The lowest BCUT2D eigenvalue weighted by atomic mass is 10.0. The number of esters is 2. The highest BCUT2D eigenvalue weighted by molar-refractivity contribution is 5.99. The van der Waals surface area contributed by atoms with E-state index < -0.39 is 35.5 Å². The Morgan fingerprint density at radius 3 is 1.52 bits per heavy atom. The number of ether oxygens (including phenoxy) is 2. The Labute approximate surface area is 124 Å². The number of carbonyl (C=O) groups is 3. The van der Waals surface area contributed by atoms with Gasteiger partial charge in [-0.1, -0.05) is 0 Å². The topological polar surface area (TPSA) is 69.7 Å². The molecule has 0 radical (unpaired) electrons. The molecule has 0 aromatic carbocycles. The highest BCUT2D eigenvalue weighted by Crippen LogP contribution is 2.12. The third kappa shape index (κ3) is 12.0. The number of alkyl halides is 2. The van der Waals surface area contributed by atoms with Gasteiger partial charge in [0.05, 0.1) is 13.2 Å². The van der Waals surface area contributed by atoms with Crippen LogP contribution in [0.15, 0.2) is 0 Å². The van der Waals surface area contributed by atoms with Gasteiger partial charge in [0.2, 0.25) is 5.67 Å². The van der Waals surface area contributed by atoms with Gasteiger partial charge in [-0.15, -0.1) is 0 Å². The molecule has 0 rings (SSSR count). The Morgan fingerprint density at radius 1 is 0.857 bits per heavy atom. The third-order valence-corrected chi connectivity index (χ3v) is 2.03. The Morgan fingerprint density at radius 2 is 1.29 bits per heavy atom. The summed E-state index contributed by atoms with van der Waals surface area (Å²) in [6.45, 7) is 8.29. The fourth-order valence-corrected chi connectivity index (χ4v) is 0.856. The van der Waals surface area contributed by atoms with Crippen molar-refractivity contribution in [1.82, 2.24) is 0 Å². The van der Waals surface area contributed by atoms with E-state index in [2.05, 4.69) is 9.47 Å². The number of rotatable bonds is 6. The molecule has 0 aromatic heterocycles. The molecule has 7 heteroatoms. The molecule has 0 aromatic rings. The molecule has 21 heavy (non-hydrogen) atoms. The summed E-state index contributed by atoms with van der Waals surface area (Å²) in [6, 6.07) is 0. The number of hydrogen-bond acceptors (Lipinski definition) is 5. The fraction of sp³-hybridized carbons (Fsp3) is 0.786. The molecule has 0 aliphatic carbocycles. The van der Waals surface area contributed by atoms with Crippen molar-refractivity contribution in [2.45, 2.75) is 59.3 Å². The van der Waals surface area contributed by atoms with Gasteiger partial charge in [0.25, 0.3) is 0 Å². The smallest absolute Gasteiger partial charge is 0.343 e. The molecule has 0 spiro atoms. The van der Waals surface area contributed by atoms with Crippen molar-refractivity contribution in [3.8, 4) is 0 Å². The van der Waals surface area contributed by atoms with Crippen LogP contribution in [-0.2, 0) is 23.9 Å². The average Bonchev–Trinajstić information content (AvgIpc) is 2.27. The summed E-state index contributed by atoms with van der Waals surface area (Å²) in [5.41, 5.74) is -3.80. The van der Waals surface area contributed by atoms with Gasteiger partial charge < -0.3 is 9.47 Å². The Hall–Kier alpha value is -1.53. The first kappa shape index (κ1) is 21.8. The van der Waals surface area contributed by atoms with Crippen molar-refractivity contribution in [3.63, 3.8) is 0 Å². The second-order valence-electron chi connectivity index (χ2n) is 5.07. The fourth-order valence-electron chi connectivity index (χ4n) is 0.856. The summed E-state index contributed by atoms with van der Waals surface area (Å²) >= 11 is 0. The molecule has 124 valence electrons. The molecular weight excluding hydrogens is 286 g/mol.